The predicted octanol–water partition coefficient (Wildman–Crippen LogP) is 10.2. The number of esters is 3. The average molecular weight is 786 g/mol. The molecule has 0 aliphatic carbocycles. The van der Waals surface area contributed by atoms with Crippen molar-refractivity contribution >= 4 is 30.0 Å². The van der Waals surface area contributed by atoms with Crippen molar-refractivity contribution in [1.82, 2.24) is 4.90 Å². The average Bonchev–Trinajstić information content (AvgIpc) is 3.13. The Hall–Kier alpha value is -2.89. The Kier molecular flexibility index (Phi) is 33.7. The molecule has 0 aromatic rings. The minimum atomic E-state index is -1.46. The van der Waals surface area contributed by atoms with Crippen LogP contribution < -0.4 is 0 Å². The first kappa shape index (κ1) is 52.1. The highest BCUT2D eigenvalue weighted by atomic mass is 16.7. The van der Waals surface area contributed by atoms with E-state index in [1.54, 1.807) is 0 Å². The number of aliphatic carboxylic acids is 1. The molecule has 0 heterocycles. The Morgan fingerprint density at radius 1 is 0.545 bits per heavy atom. The van der Waals surface area contributed by atoms with Crippen LogP contribution >= 0.6 is 0 Å². The van der Waals surface area contributed by atoms with Crippen molar-refractivity contribution in [2.45, 2.75) is 201 Å². The van der Waals surface area contributed by atoms with Gasteiger partial charge in [0.15, 0.2) is 0 Å². The minimum Gasteiger partial charge on any atom is -0.481 e. The fraction of sp³-hybridized carbons (Fsp3) is 0.884. The summed E-state index contributed by atoms with van der Waals surface area (Å²) in [5.74, 6) is -5.61. The van der Waals surface area contributed by atoms with E-state index in [0.717, 1.165) is 70.6 Å². The van der Waals surface area contributed by atoms with Gasteiger partial charge in [-0.25, -0.2) is 4.79 Å². The van der Waals surface area contributed by atoms with Crippen LogP contribution in [0.25, 0.3) is 0 Å². The fourth-order valence-corrected chi connectivity index (χ4v) is 6.20. The summed E-state index contributed by atoms with van der Waals surface area (Å²) in [6.45, 7) is 8.57. The van der Waals surface area contributed by atoms with Gasteiger partial charge in [0.25, 0.3) is 6.29 Å². The predicted molar refractivity (Wildman–Crippen MR) is 214 cm³/mol. The van der Waals surface area contributed by atoms with Crippen molar-refractivity contribution in [3.63, 3.8) is 0 Å². The second-order valence-electron chi connectivity index (χ2n) is 15.3. The third-order valence-electron chi connectivity index (χ3n) is 9.84. The number of carboxylic acid groups (broad SMARTS) is 1. The molecule has 0 saturated heterocycles. The van der Waals surface area contributed by atoms with E-state index in [-0.39, 0.29) is 32.5 Å². The molecular formula is C43H79NO11. The molecule has 0 aromatic heterocycles. The van der Waals surface area contributed by atoms with E-state index in [2.05, 4.69) is 20.8 Å². The summed E-state index contributed by atoms with van der Waals surface area (Å²) in [5.41, 5.74) is 0. The molecule has 0 spiro atoms. The Bertz CT molecular complexity index is 977. The van der Waals surface area contributed by atoms with E-state index in [1.807, 2.05) is 19.0 Å². The van der Waals surface area contributed by atoms with Gasteiger partial charge in [0, 0.05) is 31.7 Å². The minimum absolute atomic E-state index is 0.0869. The van der Waals surface area contributed by atoms with Crippen molar-refractivity contribution in [1.29, 1.82) is 0 Å². The zero-order valence-corrected chi connectivity index (χ0v) is 35.6. The molecule has 322 valence electrons. The molecule has 0 fully saturated rings. The quantitative estimate of drug-likeness (QED) is 0.0276. The maximum atomic E-state index is 13.0. The number of hydrogen-bond acceptors (Lipinski definition) is 11. The Morgan fingerprint density at radius 2 is 1.00 bits per heavy atom. The number of nitrogens with zero attached hydrogens (tertiary/aromatic N) is 1. The van der Waals surface area contributed by atoms with Crippen LogP contribution in [0.15, 0.2) is 0 Å². The van der Waals surface area contributed by atoms with Crippen LogP contribution in [0, 0.1) is 11.8 Å². The highest BCUT2D eigenvalue weighted by molar-refractivity contribution is 5.79. The number of ether oxygens (including phenoxy) is 5. The molecule has 0 saturated carbocycles. The summed E-state index contributed by atoms with van der Waals surface area (Å²) in [5, 5.41) is 10.1. The van der Waals surface area contributed by atoms with Crippen LogP contribution in [0.1, 0.15) is 188 Å². The van der Waals surface area contributed by atoms with Gasteiger partial charge in [0.1, 0.15) is 12.7 Å². The highest BCUT2D eigenvalue weighted by Crippen LogP contribution is 2.26. The maximum Gasteiger partial charge on any atom is 0.508 e. The van der Waals surface area contributed by atoms with Crippen LogP contribution in [-0.2, 0) is 42.9 Å². The first-order valence-electron chi connectivity index (χ1n) is 21.7. The summed E-state index contributed by atoms with van der Waals surface area (Å²) in [7, 11) is 3.75. The maximum absolute atomic E-state index is 13.0. The van der Waals surface area contributed by atoms with Gasteiger partial charge >= 0.3 is 30.0 Å². The molecule has 0 aliphatic heterocycles. The number of hydrogen-bond donors (Lipinski definition) is 1. The van der Waals surface area contributed by atoms with Crippen LogP contribution in [0.4, 0.5) is 4.79 Å². The van der Waals surface area contributed by atoms with Crippen LogP contribution in [0.2, 0.25) is 0 Å². The van der Waals surface area contributed by atoms with Crippen LogP contribution in [-0.4, -0.2) is 86.3 Å². The standard InChI is InChI=1S/C43H79NO11/c1-7-10-13-16-17-18-19-20-23-24-27-36(53-43(50)52-33-31-44(5)6)30-32-51-40(47)34-37(41(48)49)35(4)42(54-38(45)28-25-21-14-11-8-2)55-39(46)29-26-22-15-12-9-3/h35-37,42H,7-34H2,1-6H3,(H,48,49). The third kappa shape index (κ3) is 30.9. The lowest BCUT2D eigenvalue weighted by atomic mass is 9.90. The highest BCUT2D eigenvalue weighted by Gasteiger charge is 2.37. The largest absolute Gasteiger partial charge is 0.508 e. The Balaban J connectivity index is 5.33. The zero-order valence-electron chi connectivity index (χ0n) is 35.6. The number of likely N-dealkylation sites (N-methyl/N-ethyl adjacent to an activating group) is 1. The molecule has 0 rings (SSSR count). The topological polar surface area (TPSA) is 155 Å². The Labute approximate surface area is 333 Å². The van der Waals surface area contributed by atoms with Gasteiger partial charge < -0.3 is 33.7 Å². The van der Waals surface area contributed by atoms with Crippen molar-refractivity contribution in [3.05, 3.63) is 0 Å². The number of unbranched alkanes of at least 4 members (excludes halogenated alkanes) is 17. The number of carbonyl (C=O) groups is 5. The van der Waals surface area contributed by atoms with Crippen molar-refractivity contribution in [3.8, 4) is 0 Å². The summed E-state index contributed by atoms with van der Waals surface area (Å²) in [4.78, 5) is 65.3. The molecule has 0 aromatic carbocycles. The molecule has 0 aliphatic rings. The molecule has 0 radical (unpaired) electrons. The smallest absolute Gasteiger partial charge is 0.481 e. The SMILES string of the molecule is CCCCCCCCCCCCC(CCOC(=O)CC(C(=O)O)C(C)C(OC(=O)CCCCCCC)OC(=O)CCCCCCC)OC(=O)OCCN(C)C. The molecular weight excluding hydrogens is 706 g/mol. The van der Waals surface area contributed by atoms with Crippen molar-refractivity contribution < 1.29 is 52.8 Å². The van der Waals surface area contributed by atoms with Gasteiger partial charge in [-0.2, -0.15) is 0 Å². The first-order valence-corrected chi connectivity index (χ1v) is 21.7. The second kappa shape index (κ2) is 35.5. The van der Waals surface area contributed by atoms with E-state index in [0.29, 0.717) is 25.8 Å². The van der Waals surface area contributed by atoms with Gasteiger partial charge in [-0.3, -0.25) is 19.2 Å². The fourth-order valence-electron chi connectivity index (χ4n) is 6.20. The zero-order chi connectivity index (χ0) is 41.1. The molecule has 0 bridgehead atoms. The Morgan fingerprint density at radius 3 is 1.45 bits per heavy atom. The van der Waals surface area contributed by atoms with E-state index in [4.69, 9.17) is 23.7 Å². The first-order chi connectivity index (χ1) is 26.4. The van der Waals surface area contributed by atoms with E-state index < -0.39 is 60.7 Å². The summed E-state index contributed by atoms with van der Waals surface area (Å²) < 4.78 is 27.4. The molecule has 3 unspecified atom stereocenters. The van der Waals surface area contributed by atoms with Crippen LogP contribution in [0.3, 0.4) is 0 Å². The summed E-state index contributed by atoms with van der Waals surface area (Å²) in [6.07, 6.45) is 18.6. The number of carboxylic acids is 1. The van der Waals surface area contributed by atoms with Gasteiger partial charge in [-0.15, -0.1) is 0 Å². The van der Waals surface area contributed by atoms with Gasteiger partial charge in [-0.05, 0) is 39.8 Å². The second-order valence-corrected chi connectivity index (χ2v) is 15.3. The van der Waals surface area contributed by atoms with Crippen molar-refractivity contribution in [2.75, 3.05) is 33.9 Å². The van der Waals surface area contributed by atoms with Crippen molar-refractivity contribution in [2.24, 2.45) is 11.8 Å². The lowest BCUT2D eigenvalue weighted by Gasteiger charge is -2.28. The molecule has 1 N–H and O–H groups in total. The van der Waals surface area contributed by atoms with Gasteiger partial charge in [-0.1, -0.05) is 137 Å². The monoisotopic (exact) mass is 786 g/mol. The van der Waals surface area contributed by atoms with E-state index in [1.165, 1.54) is 51.9 Å². The summed E-state index contributed by atoms with van der Waals surface area (Å²) in [6, 6.07) is 0. The lowest BCUT2D eigenvalue weighted by Crippen LogP contribution is -2.38. The molecule has 55 heavy (non-hydrogen) atoms. The van der Waals surface area contributed by atoms with Crippen LogP contribution in [0.5, 0.6) is 0 Å². The number of carbonyl (C=O) groups excluding carboxylic acids is 4. The van der Waals surface area contributed by atoms with E-state index >= 15 is 0 Å². The van der Waals surface area contributed by atoms with E-state index in [9.17, 15) is 29.1 Å². The molecule has 12 heteroatoms. The molecule has 0 amide bonds. The number of rotatable bonds is 37. The van der Waals surface area contributed by atoms with Gasteiger partial charge in [0.2, 0.25) is 0 Å². The third-order valence-corrected chi connectivity index (χ3v) is 9.84. The van der Waals surface area contributed by atoms with Gasteiger partial charge in [0.05, 0.1) is 18.9 Å². The molecule has 12 nitrogen and oxygen atoms in total. The summed E-state index contributed by atoms with van der Waals surface area (Å²) >= 11 is 0. The normalized spacial score (nSPS) is 12.9. The molecule has 3 atom stereocenters. The lowest BCUT2D eigenvalue weighted by molar-refractivity contribution is -0.203.